The second-order valence-corrected chi connectivity index (χ2v) is 8.86. The summed E-state index contributed by atoms with van der Waals surface area (Å²) in [7, 11) is 0. The molecule has 7 nitrogen and oxygen atoms in total. The van der Waals surface area contributed by atoms with Gasteiger partial charge in [-0.05, 0) is 54.4 Å². The SMILES string of the molecule is NS(=O)[O-].O=C(c1c(F)c(-c2ccc(Cl)cc2)cc(C2CCNC2)c1F)c1c[nH]c2ncccc12. The zero-order valence-electron chi connectivity index (χ0n) is 18.2. The number of fused-ring (bicyclic) bond motifs is 1. The van der Waals surface area contributed by atoms with E-state index in [0.717, 1.165) is 6.54 Å². The van der Waals surface area contributed by atoms with E-state index in [9.17, 15) is 4.79 Å². The van der Waals surface area contributed by atoms with Crippen LogP contribution >= 0.6 is 11.6 Å². The lowest BCUT2D eigenvalue weighted by Crippen LogP contribution is -2.15. The van der Waals surface area contributed by atoms with Crippen molar-refractivity contribution in [3.8, 4) is 11.1 Å². The monoisotopic (exact) mass is 517 g/mol. The number of aromatic nitrogens is 2. The summed E-state index contributed by atoms with van der Waals surface area (Å²) in [5.41, 5.74) is 1.19. The number of carbonyl (C=O) groups is 1. The Balaban J connectivity index is 0.000000672. The lowest BCUT2D eigenvalue weighted by molar-refractivity contribution is 0.103. The van der Waals surface area contributed by atoms with Crippen molar-refractivity contribution in [2.24, 2.45) is 5.14 Å². The highest BCUT2D eigenvalue weighted by Gasteiger charge is 2.30. The number of carbonyl (C=O) groups excluding carboxylic acids is 1. The molecule has 4 aromatic rings. The highest BCUT2D eigenvalue weighted by atomic mass is 35.5. The van der Waals surface area contributed by atoms with Gasteiger partial charge in [0.2, 0.25) is 5.78 Å². The summed E-state index contributed by atoms with van der Waals surface area (Å²) in [6, 6.07) is 11.5. The molecule has 0 saturated carbocycles. The molecule has 35 heavy (non-hydrogen) atoms. The van der Waals surface area contributed by atoms with Crippen LogP contribution in [-0.2, 0) is 11.3 Å². The van der Waals surface area contributed by atoms with E-state index in [1.54, 1.807) is 42.6 Å². The van der Waals surface area contributed by atoms with Crippen molar-refractivity contribution < 1.29 is 22.3 Å². The highest BCUT2D eigenvalue weighted by molar-refractivity contribution is 7.76. The second kappa shape index (κ2) is 10.7. The third-order valence-corrected chi connectivity index (χ3v) is 6.06. The van der Waals surface area contributed by atoms with E-state index in [0.29, 0.717) is 40.1 Å². The van der Waals surface area contributed by atoms with Crippen molar-refractivity contribution in [2.45, 2.75) is 12.3 Å². The van der Waals surface area contributed by atoms with E-state index in [1.165, 1.54) is 12.3 Å². The fourth-order valence-corrected chi connectivity index (χ4v) is 4.32. The van der Waals surface area contributed by atoms with Gasteiger partial charge in [0.05, 0.1) is 5.56 Å². The minimum absolute atomic E-state index is 0.136. The van der Waals surface area contributed by atoms with Gasteiger partial charge in [0, 0.05) is 57.7 Å². The van der Waals surface area contributed by atoms with E-state index in [1.807, 2.05) is 0 Å². The molecule has 182 valence electrons. The Morgan fingerprint density at radius 3 is 2.57 bits per heavy atom. The number of halogens is 3. The third-order valence-electron chi connectivity index (χ3n) is 5.81. The van der Waals surface area contributed by atoms with Gasteiger partial charge in [-0.15, -0.1) is 0 Å². The molecule has 2 atom stereocenters. The van der Waals surface area contributed by atoms with Gasteiger partial charge in [0.15, 0.2) is 0 Å². The van der Waals surface area contributed by atoms with Crippen LogP contribution in [-0.4, -0.2) is 37.6 Å². The molecule has 1 saturated heterocycles. The standard InChI is InChI=1S/C24H18ClF2N3O.H3NO2S/c25-15-5-3-13(4-6-15)17-10-18(14-7-9-28-11-14)22(27)20(21(17)26)23(31)19-12-30-24-16(19)2-1-8-29-24;1-4(2)3/h1-6,8,10,12,14,28H,7,9,11H2,(H,29,30);1H2,(H,2,3)/p-1. The average molecular weight is 518 g/mol. The first-order valence-electron chi connectivity index (χ1n) is 10.6. The minimum Gasteiger partial charge on any atom is -0.760 e. The molecule has 1 aliphatic rings. The molecule has 3 heterocycles. The van der Waals surface area contributed by atoms with Crippen LogP contribution in [0.15, 0.2) is 54.9 Å². The van der Waals surface area contributed by atoms with Gasteiger partial charge < -0.3 is 14.9 Å². The van der Waals surface area contributed by atoms with Crippen molar-refractivity contribution >= 4 is 39.7 Å². The highest BCUT2D eigenvalue weighted by Crippen LogP contribution is 2.36. The molecule has 2 aromatic heterocycles. The average Bonchev–Trinajstić information content (AvgIpc) is 3.50. The van der Waals surface area contributed by atoms with Gasteiger partial charge in [0.1, 0.15) is 17.3 Å². The van der Waals surface area contributed by atoms with Crippen molar-refractivity contribution in [1.82, 2.24) is 15.3 Å². The lowest BCUT2D eigenvalue weighted by Gasteiger charge is -2.17. The van der Waals surface area contributed by atoms with E-state index in [-0.39, 0.29) is 17.0 Å². The molecule has 4 N–H and O–H groups in total. The number of nitrogens with two attached hydrogens (primary N) is 1. The van der Waals surface area contributed by atoms with Gasteiger partial charge in [-0.3, -0.25) is 14.1 Å². The van der Waals surface area contributed by atoms with Gasteiger partial charge in [-0.1, -0.05) is 23.7 Å². The van der Waals surface area contributed by atoms with Crippen molar-refractivity contribution in [3.63, 3.8) is 0 Å². The third kappa shape index (κ3) is 5.31. The number of aromatic amines is 1. The summed E-state index contributed by atoms with van der Waals surface area (Å²) in [5.74, 6) is -2.52. The van der Waals surface area contributed by atoms with Gasteiger partial charge >= 0.3 is 0 Å². The van der Waals surface area contributed by atoms with Crippen molar-refractivity contribution in [1.29, 1.82) is 0 Å². The summed E-state index contributed by atoms with van der Waals surface area (Å²) < 4.78 is 48.9. The molecule has 0 radical (unpaired) electrons. The largest absolute Gasteiger partial charge is 0.760 e. The Bertz CT molecular complexity index is 1400. The molecule has 5 rings (SSSR count). The fourth-order valence-electron chi connectivity index (χ4n) is 4.19. The Morgan fingerprint density at radius 2 is 1.91 bits per heavy atom. The van der Waals surface area contributed by atoms with Gasteiger partial charge in [0.25, 0.3) is 0 Å². The number of nitrogens with zero attached hydrogens (tertiary/aromatic N) is 1. The van der Waals surface area contributed by atoms with Crippen molar-refractivity contribution in [2.75, 3.05) is 13.1 Å². The number of H-pyrrole nitrogens is 1. The normalized spacial score (nSPS) is 16.1. The maximum absolute atomic E-state index is 15.7. The number of pyridine rings is 1. The van der Waals surface area contributed by atoms with Crippen molar-refractivity contribution in [3.05, 3.63) is 88.2 Å². The quantitative estimate of drug-likeness (QED) is 0.276. The lowest BCUT2D eigenvalue weighted by atomic mass is 9.88. The van der Waals surface area contributed by atoms with Crippen LogP contribution in [0.2, 0.25) is 5.02 Å². The molecule has 2 unspecified atom stereocenters. The number of ketones is 1. The number of benzene rings is 2. The maximum Gasteiger partial charge on any atom is 0.201 e. The molecule has 11 heteroatoms. The molecule has 0 bridgehead atoms. The van der Waals surface area contributed by atoms with Gasteiger partial charge in [-0.25, -0.2) is 13.8 Å². The Kier molecular flexibility index (Phi) is 7.68. The number of hydrogen-bond acceptors (Lipinski definition) is 5. The van der Waals surface area contributed by atoms with Crippen LogP contribution in [0.25, 0.3) is 22.2 Å². The molecule has 2 aromatic carbocycles. The summed E-state index contributed by atoms with van der Waals surface area (Å²) in [6.07, 6.45) is 3.75. The topological polar surface area (TPSA) is 124 Å². The summed E-state index contributed by atoms with van der Waals surface area (Å²) in [5, 5.41) is 8.26. The Hall–Kier alpha value is -3.02. The van der Waals surface area contributed by atoms with Crippen LogP contribution in [0.3, 0.4) is 0 Å². The first-order chi connectivity index (χ1) is 16.8. The smallest absolute Gasteiger partial charge is 0.201 e. The number of hydrogen-bond donors (Lipinski definition) is 3. The van der Waals surface area contributed by atoms with Crippen LogP contribution in [0.1, 0.15) is 33.8 Å². The molecule has 1 fully saturated rings. The van der Waals surface area contributed by atoms with Crippen LogP contribution < -0.4 is 10.5 Å². The van der Waals surface area contributed by atoms with E-state index in [2.05, 4.69) is 20.4 Å². The molecule has 0 aliphatic carbocycles. The molecule has 0 spiro atoms. The molecular weight excluding hydrogens is 498 g/mol. The maximum atomic E-state index is 15.7. The van der Waals surface area contributed by atoms with E-state index >= 15 is 8.78 Å². The number of nitrogens with one attached hydrogen (secondary N) is 2. The zero-order valence-corrected chi connectivity index (χ0v) is 19.8. The molecule has 0 amide bonds. The fraction of sp³-hybridized carbons (Fsp3) is 0.167. The summed E-state index contributed by atoms with van der Waals surface area (Å²) >= 11 is 3.62. The summed E-state index contributed by atoms with van der Waals surface area (Å²) in [4.78, 5) is 20.5. The number of rotatable bonds is 4. The first-order valence-corrected chi connectivity index (χ1v) is 12.1. The first kappa shape index (κ1) is 25.1. The summed E-state index contributed by atoms with van der Waals surface area (Å²) in [6.45, 7) is 1.32. The Morgan fingerprint density at radius 1 is 1.20 bits per heavy atom. The predicted octanol–water partition coefficient (Wildman–Crippen LogP) is 4.21. The Labute approximate surface area is 207 Å². The minimum atomic E-state index is -2.36. The van der Waals surface area contributed by atoms with Crippen LogP contribution in [0.4, 0.5) is 8.78 Å². The molecular formula is C24H20ClF2N4O3S-. The van der Waals surface area contributed by atoms with Gasteiger partial charge in [-0.2, -0.15) is 0 Å². The predicted molar refractivity (Wildman–Crippen MR) is 130 cm³/mol. The molecule has 1 aliphatic heterocycles. The van der Waals surface area contributed by atoms with Crippen LogP contribution in [0, 0.1) is 11.6 Å². The van der Waals surface area contributed by atoms with E-state index in [4.69, 9.17) is 20.4 Å². The second-order valence-electron chi connectivity index (χ2n) is 7.90. The zero-order chi connectivity index (χ0) is 25.1. The van der Waals surface area contributed by atoms with E-state index < -0.39 is 34.2 Å². The van der Waals surface area contributed by atoms with Crippen LogP contribution in [0.5, 0.6) is 0 Å².